The number of carbonyl (C=O) groups excluding carboxylic acids is 1. The molecule has 2 heterocycles. The molecule has 1 aliphatic rings. The first-order valence-electron chi connectivity index (χ1n) is 5.76. The highest BCUT2D eigenvalue weighted by atomic mass is 32.2. The van der Waals surface area contributed by atoms with Crippen LogP contribution in [0.5, 0.6) is 0 Å². The van der Waals surface area contributed by atoms with E-state index in [1.165, 1.54) is 11.8 Å². The number of esters is 1. The van der Waals surface area contributed by atoms with E-state index in [-0.39, 0.29) is 17.3 Å². The van der Waals surface area contributed by atoms with Crippen molar-refractivity contribution in [2.24, 2.45) is 0 Å². The van der Waals surface area contributed by atoms with E-state index in [9.17, 15) is 4.79 Å². The van der Waals surface area contributed by atoms with Crippen molar-refractivity contribution in [1.29, 1.82) is 5.26 Å². The van der Waals surface area contributed by atoms with E-state index in [1.54, 1.807) is 0 Å². The van der Waals surface area contributed by atoms with Gasteiger partial charge in [-0.1, -0.05) is 11.8 Å². The first-order valence-corrected chi connectivity index (χ1v) is 6.64. The normalized spacial score (nSPS) is 22.7. The zero-order valence-electron chi connectivity index (χ0n) is 10.6. The molecule has 1 aromatic rings. The molecule has 1 fully saturated rings. The summed E-state index contributed by atoms with van der Waals surface area (Å²) in [5, 5.41) is 9.54. The summed E-state index contributed by atoms with van der Waals surface area (Å²) in [5.74, 6) is -0.211. The minimum atomic E-state index is -0.249. The number of carbonyl (C=O) groups is 1. The van der Waals surface area contributed by atoms with Crippen molar-refractivity contribution in [1.82, 2.24) is 4.98 Å². The van der Waals surface area contributed by atoms with E-state index in [1.807, 2.05) is 26.8 Å². The van der Waals surface area contributed by atoms with Gasteiger partial charge in [0, 0.05) is 12.1 Å². The van der Waals surface area contributed by atoms with Crippen molar-refractivity contribution in [2.45, 2.75) is 43.6 Å². The predicted octanol–water partition coefficient (Wildman–Crippen LogP) is 2.37. The summed E-state index contributed by atoms with van der Waals surface area (Å²) < 4.78 is 5.11. The molecule has 0 N–H and O–H groups in total. The van der Waals surface area contributed by atoms with Gasteiger partial charge in [-0.2, -0.15) is 5.26 Å². The monoisotopic (exact) mass is 262 g/mol. The second-order valence-corrected chi connectivity index (χ2v) is 5.65. The molecule has 0 bridgehead atoms. The molecule has 0 aliphatic carbocycles. The number of hydrogen-bond acceptors (Lipinski definition) is 5. The van der Waals surface area contributed by atoms with Gasteiger partial charge >= 0.3 is 5.97 Å². The Labute approximate surface area is 110 Å². The number of aryl methyl sites for hydroxylation is 2. The third-order valence-electron chi connectivity index (χ3n) is 2.80. The lowest BCUT2D eigenvalue weighted by molar-refractivity contribution is -0.140. The second kappa shape index (κ2) is 4.99. The minimum absolute atomic E-state index is 0.0496. The van der Waals surface area contributed by atoms with Crippen LogP contribution in [-0.4, -0.2) is 22.3 Å². The van der Waals surface area contributed by atoms with Gasteiger partial charge in [0.05, 0.1) is 5.56 Å². The maximum absolute atomic E-state index is 11.6. The SMILES string of the molecule is Cc1cc(C)c(C#N)c(S[C@H]2C[C@@H](C)OC2=O)n1. The average Bonchev–Trinajstić information content (AvgIpc) is 2.57. The van der Waals surface area contributed by atoms with Gasteiger partial charge in [-0.25, -0.2) is 4.98 Å². The van der Waals surface area contributed by atoms with Gasteiger partial charge in [0.25, 0.3) is 0 Å². The molecule has 18 heavy (non-hydrogen) atoms. The second-order valence-electron chi connectivity index (χ2n) is 4.46. The maximum atomic E-state index is 11.6. The van der Waals surface area contributed by atoms with Crippen molar-refractivity contribution >= 4 is 17.7 Å². The van der Waals surface area contributed by atoms with Crippen molar-refractivity contribution in [3.8, 4) is 6.07 Å². The Morgan fingerprint density at radius 1 is 1.56 bits per heavy atom. The molecule has 0 unspecified atom stereocenters. The van der Waals surface area contributed by atoms with E-state index in [4.69, 9.17) is 10.00 Å². The van der Waals surface area contributed by atoms with Crippen LogP contribution in [0.3, 0.4) is 0 Å². The molecular formula is C13H14N2O2S. The maximum Gasteiger partial charge on any atom is 0.319 e. The van der Waals surface area contributed by atoms with Gasteiger partial charge in [-0.15, -0.1) is 0 Å². The number of aromatic nitrogens is 1. The standard InChI is InChI=1S/C13H14N2O2S/c1-7-4-8(2)15-12(10(7)6-14)18-11-5-9(3)17-13(11)16/h4,9,11H,5H2,1-3H3/t9-,11+/m1/s1. The smallest absolute Gasteiger partial charge is 0.319 e. The fourth-order valence-corrected chi connectivity index (χ4v) is 3.28. The Morgan fingerprint density at radius 2 is 2.28 bits per heavy atom. The minimum Gasteiger partial charge on any atom is -0.462 e. The van der Waals surface area contributed by atoms with Crippen molar-refractivity contribution in [2.75, 3.05) is 0 Å². The third kappa shape index (κ3) is 2.49. The van der Waals surface area contributed by atoms with E-state index >= 15 is 0 Å². The summed E-state index contributed by atoms with van der Waals surface area (Å²) >= 11 is 1.33. The Kier molecular flexibility index (Phi) is 3.58. The van der Waals surface area contributed by atoms with Crippen LogP contribution < -0.4 is 0 Å². The third-order valence-corrected chi connectivity index (χ3v) is 3.99. The van der Waals surface area contributed by atoms with Gasteiger partial charge in [0.2, 0.25) is 0 Å². The van der Waals surface area contributed by atoms with Crippen LogP contribution in [-0.2, 0) is 9.53 Å². The summed E-state index contributed by atoms with van der Waals surface area (Å²) in [6.45, 7) is 5.64. The van der Waals surface area contributed by atoms with Crippen LogP contribution in [0.4, 0.5) is 0 Å². The summed E-state index contributed by atoms with van der Waals surface area (Å²) in [6.07, 6.45) is 0.620. The Morgan fingerprint density at radius 3 is 2.83 bits per heavy atom. The molecule has 0 radical (unpaired) electrons. The van der Waals surface area contributed by atoms with E-state index in [0.717, 1.165) is 11.3 Å². The van der Waals surface area contributed by atoms with E-state index in [0.29, 0.717) is 17.0 Å². The Balaban J connectivity index is 2.29. The van der Waals surface area contributed by atoms with Crippen LogP contribution in [0, 0.1) is 25.2 Å². The number of ether oxygens (including phenoxy) is 1. The molecule has 2 rings (SSSR count). The van der Waals surface area contributed by atoms with E-state index < -0.39 is 0 Å². The van der Waals surface area contributed by atoms with Gasteiger partial charge in [0.1, 0.15) is 22.4 Å². The van der Waals surface area contributed by atoms with Gasteiger partial charge in [-0.3, -0.25) is 4.79 Å². The zero-order chi connectivity index (χ0) is 13.3. The molecule has 1 aromatic heterocycles. The van der Waals surface area contributed by atoms with Crippen LogP contribution >= 0.6 is 11.8 Å². The molecule has 0 saturated carbocycles. The topological polar surface area (TPSA) is 63.0 Å². The Bertz CT molecular complexity index is 537. The Hall–Kier alpha value is -1.54. The first-order chi connectivity index (χ1) is 8.51. The van der Waals surface area contributed by atoms with Crippen LogP contribution in [0.2, 0.25) is 0 Å². The fraction of sp³-hybridized carbons (Fsp3) is 0.462. The molecule has 5 heteroatoms. The summed E-state index contributed by atoms with van der Waals surface area (Å²) in [7, 11) is 0. The lowest BCUT2D eigenvalue weighted by atomic mass is 10.1. The highest BCUT2D eigenvalue weighted by molar-refractivity contribution is 8.00. The largest absolute Gasteiger partial charge is 0.462 e. The van der Waals surface area contributed by atoms with Crippen molar-refractivity contribution < 1.29 is 9.53 Å². The van der Waals surface area contributed by atoms with E-state index in [2.05, 4.69) is 11.1 Å². The quantitative estimate of drug-likeness (QED) is 0.766. The van der Waals surface area contributed by atoms with Crippen molar-refractivity contribution in [3.63, 3.8) is 0 Å². The van der Waals surface area contributed by atoms with Gasteiger partial charge in [-0.05, 0) is 32.4 Å². The molecule has 2 atom stereocenters. The lowest BCUT2D eigenvalue weighted by Gasteiger charge is -2.09. The van der Waals surface area contributed by atoms with Gasteiger partial charge in [0.15, 0.2) is 0 Å². The number of nitrogens with zero attached hydrogens (tertiary/aromatic N) is 2. The number of cyclic esters (lactones) is 1. The van der Waals surface area contributed by atoms with Crippen LogP contribution in [0.15, 0.2) is 11.1 Å². The average molecular weight is 262 g/mol. The summed E-state index contributed by atoms with van der Waals surface area (Å²) in [4.78, 5) is 16.0. The molecule has 0 spiro atoms. The van der Waals surface area contributed by atoms with Crippen LogP contribution in [0.25, 0.3) is 0 Å². The predicted molar refractivity (Wildman–Crippen MR) is 68.2 cm³/mol. The highest BCUT2D eigenvalue weighted by Gasteiger charge is 2.33. The number of hydrogen-bond donors (Lipinski definition) is 0. The molecule has 0 amide bonds. The fourth-order valence-electron chi connectivity index (χ4n) is 1.97. The molecular weight excluding hydrogens is 248 g/mol. The number of rotatable bonds is 2. The summed E-state index contributed by atoms with van der Waals surface area (Å²) in [6, 6.07) is 4.03. The molecule has 0 aromatic carbocycles. The number of nitriles is 1. The number of thioether (sulfide) groups is 1. The zero-order valence-corrected chi connectivity index (χ0v) is 11.4. The summed E-state index contributed by atoms with van der Waals surface area (Å²) in [5.41, 5.74) is 2.30. The van der Waals surface area contributed by atoms with Crippen molar-refractivity contribution in [3.05, 3.63) is 22.9 Å². The molecule has 1 aliphatic heterocycles. The highest BCUT2D eigenvalue weighted by Crippen LogP contribution is 2.33. The van der Waals surface area contributed by atoms with Crippen LogP contribution in [0.1, 0.15) is 30.2 Å². The first kappa shape index (κ1) is 12.9. The molecule has 4 nitrogen and oxygen atoms in total. The van der Waals surface area contributed by atoms with Gasteiger partial charge < -0.3 is 4.74 Å². The molecule has 94 valence electrons. The molecule has 1 saturated heterocycles. The lowest BCUT2D eigenvalue weighted by Crippen LogP contribution is -2.10. The number of pyridine rings is 1.